The summed E-state index contributed by atoms with van der Waals surface area (Å²) < 4.78 is 25.1. The lowest BCUT2D eigenvalue weighted by molar-refractivity contribution is -0.384. The molecule has 3 aliphatic rings. The molecule has 0 spiro atoms. The SMILES string of the molecule is CS(=O)(=O)Nc1ccc2[nH]c3c(c2c1)CC(N)CC3.O=C(O)C(=O)O.O=C1c2ccccc2C(=O)N1C1CCc2[nH]c3ccc([N+](=O)[O-])cc3c2C1. The van der Waals surface area contributed by atoms with Gasteiger partial charge in [0.05, 0.1) is 22.3 Å². The molecule has 3 aromatic carbocycles. The molecule has 5 aromatic rings. The number of sulfonamides is 1. The van der Waals surface area contributed by atoms with Crippen LogP contribution in [0.25, 0.3) is 21.8 Å². The van der Waals surface area contributed by atoms with Crippen LogP contribution in [0.2, 0.25) is 0 Å². The first kappa shape index (κ1) is 35.7. The van der Waals surface area contributed by atoms with Crippen molar-refractivity contribution >= 4 is 67.0 Å². The molecule has 2 atom stereocenters. The van der Waals surface area contributed by atoms with Crippen molar-refractivity contribution in [1.82, 2.24) is 14.9 Å². The monoisotopic (exact) mass is 730 g/mol. The lowest BCUT2D eigenvalue weighted by atomic mass is 9.90. The van der Waals surface area contributed by atoms with E-state index in [0.29, 0.717) is 36.1 Å². The fraction of sp³-hybridized carbons (Fsp3) is 0.257. The second-order valence-corrected chi connectivity index (χ2v) is 14.6. The fourth-order valence-corrected chi connectivity index (χ4v) is 7.54. The highest BCUT2D eigenvalue weighted by atomic mass is 32.2. The topological polar surface area (TPSA) is 259 Å². The van der Waals surface area contributed by atoms with E-state index in [1.165, 1.54) is 22.2 Å². The van der Waals surface area contributed by atoms with Crippen LogP contribution in [0.3, 0.4) is 0 Å². The highest BCUT2D eigenvalue weighted by Gasteiger charge is 2.41. The van der Waals surface area contributed by atoms with Gasteiger partial charge in [-0.2, -0.15) is 0 Å². The van der Waals surface area contributed by atoms with E-state index in [4.69, 9.17) is 25.5 Å². The van der Waals surface area contributed by atoms with E-state index >= 15 is 0 Å². The number of aliphatic carboxylic acids is 2. The third-order valence-electron chi connectivity index (χ3n) is 9.26. The van der Waals surface area contributed by atoms with Gasteiger partial charge in [-0.25, -0.2) is 18.0 Å². The van der Waals surface area contributed by atoms with Crippen molar-refractivity contribution in [2.75, 3.05) is 11.0 Å². The van der Waals surface area contributed by atoms with Gasteiger partial charge in [-0.1, -0.05) is 12.1 Å². The summed E-state index contributed by atoms with van der Waals surface area (Å²) in [4.78, 5) is 62.5. The standard InChI is InChI=1S/C20H15N3O4.C13H17N3O2S.C2H2O4/c24-19-13-3-1-2-4-14(13)20(25)22(19)11-5-7-17-15(9-11)16-10-12(23(26)27)6-8-18(16)21-17;1-19(17,18)16-9-3-5-13-11(7-9)10-6-8(14)2-4-12(10)15-13;3-1(4)2(5)6/h1-4,6,8,10-11,21H,5,7,9H2;3,5,7-8,15-16H,2,4,6,14H2,1H3;(H,3,4)(H,5,6). The maximum absolute atomic E-state index is 12.8. The zero-order valence-electron chi connectivity index (χ0n) is 27.7. The third kappa shape index (κ3) is 7.22. The molecule has 3 heterocycles. The number of nitrogens with two attached hydrogens (primary N) is 1. The first-order valence-corrected chi connectivity index (χ1v) is 18.1. The van der Waals surface area contributed by atoms with Crippen LogP contribution in [0.4, 0.5) is 11.4 Å². The summed E-state index contributed by atoms with van der Waals surface area (Å²) >= 11 is 0. The quantitative estimate of drug-likeness (QED) is 0.0672. The summed E-state index contributed by atoms with van der Waals surface area (Å²) in [6, 6.07) is 17.1. The Labute approximate surface area is 295 Å². The van der Waals surface area contributed by atoms with Crippen LogP contribution in [0.5, 0.6) is 0 Å². The summed E-state index contributed by atoms with van der Waals surface area (Å²) in [5.41, 5.74) is 13.9. The lowest BCUT2D eigenvalue weighted by Gasteiger charge is -2.29. The van der Waals surface area contributed by atoms with Crippen LogP contribution in [0, 0.1) is 10.1 Å². The first-order chi connectivity index (χ1) is 24.6. The van der Waals surface area contributed by atoms with Crippen molar-refractivity contribution < 1.29 is 42.7 Å². The van der Waals surface area contributed by atoms with Crippen molar-refractivity contribution in [2.45, 2.75) is 50.6 Å². The highest BCUT2D eigenvalue weighted by Crippen LogP contribution is 2.36. The fourth-order valence-electron chi connectivity index (χ4n) is 6.98. The predicted octanol–water partition coefficient (Wildman–Crippen LogP) is 3.74. The minimum atomic E-state index is -3.25. The van der Waals surface area contributed by atoms with Crippen molar-refractivity contribution in [3.8, 4) is 0 Å². The molecule has 1 aliphatic heterocycles. The lowest BCUT2D eigenvalue weighted by Crippen LogP contribution is -2.43. The molecule has 7 N–H and O–H groups in total. The Morgan fingerprint density at radius 3 is 1.96 bits per heavy atom. The van der Waals surface area contributed by atoms with E-state index in [1.54, 1.807) is 42.5 Å². The Balaban J connectivity index is 0.000000162. The van der Waals surface area contributed by atoms with Crippen molar-refractivity contribution in [2.24, 2.45) is 5.73 Å². The van der Waals surface area contributed by atoms with Gasteiger partial charge < -0.3 is 25.9 Å². The Kier molecular flexibility index (Phi) is 9.57. The number of carboxylic acids is 2. The molecule has 16 nitrogen and oxygen atoms in total. The number of anilines is 1. The van der Waals surface area contributed by atoms with E-state index in [2.05, 4.69) is 14.7 Å². The maximum atomic E-state index is 12.8. The molecule has 2 aliphatic carbocycles. The van der Waals surface area contributed by atoms with Gasteiger partial charge in [0.15, 0.2) is 0 Å². The van der Waals surface area contributed by atoms with Crippen LogP contribution < -0.4 is 10.5 Å². The molecule has 8 rings (SSSR count). The van der Waals surface area contributed by atoms with E-state index in [9.17, 15) is 28.1 Å². The zero-order chi connectivity index (χ0) is 37.5. The Bertz CT molecular complexity index is 2350. The number of hydrogen-bond donors (Lipinski definition) is 6. The van der Waals surface area contributed by atoms with Crippen molar-refractivity contribution in [3.63, 3.8) is 0 Å². The Morgan fingerprint density at radius 2 is 1.40 bits per heavy atom. The van der Waals surface area contributed by atoms with Gasteiger partial charge >= 0.3 is 11.9 Å². The van der Waals surface area contributed by atoms with Crippen molar-refractivity contribution in [1.29, 1.82) is 0 Å². The second kappa shape index (κ2) is 13.9. The first-order valence-electron chi connectivity index (χ1n) is 16.2. The minimum absolute atomic E-state index is 0.0344. The molecular formula is C35H34N6O10S. The number of aromatic amines is 2. The zero-order valence-corrected chi connectivity index (χ0v) is 28.5. The molecule has 0 fully saturated rings. The molecule has 2 amide bonds. The smallest absolute Gasteiger partial charge is 0.414 e. The molecule has 17 heteroatoms. The average Bonchev–Trinajstić information content (AvgIpc) is 3.72. The molecule has 2 aromatic heterocycles. The molecule has 0 saturated carbocycles. The number of carbonyl (C=O) groups excluding carboxylic acids is 2. The largest absolute Gasteiger partial charge is 0.473 e. The van der Waals surface area contributed by atoms with E-state index in [1.807, 2.05) is 12.1 Å². The number of carbonyl (C=O) groups is 4. The van der Waals surface area contributed by atoms with Crippen molar-refractivity contribution in [3.05, 3.63) is 104 Å². The number of imide groups is 1. The number of non-ortho nitro benzene ring substituents is 1. The molecule has 0 bridgehead atoms. The van der Waals surface area contributed by atoms with Crippen LogP contribution >= 0.6 is 0 Å². The van der Waals surface area contributed by atoms with Crippen LogP contribution in [0.15, 0.2) is 60.7 Å². The number of aromatic nitrogens is 2. The molecule has 0 radical (unpaired) electrons. The summed E-state index contributed by atoms with van der Waals surface area (Å²) in [6.45, 7) is 0. The number of carboxylic acid groups (broad SMARTS) is 2. The van der Waals surface area contributed by atoms with Crippen LogP contribution in [-0.4, -0.2) is 80.5 Å². The molecule has 270 valence electrons. The number of H-pyrrole nitrogens is 2. The number of rotatable bonds is 4. The Hall–Kier alpha value is -6.07. The molecule has 0 saturated heterocycles. The molecule has 2 unspecified atom stereocenters. The summed E-state index contributed by atoms with van der Waals surface area (Å²) in [5, 5.41) is 27.8. The van der Waals surface area contributed by atoms with Gasteiger partial charge in [-0.05, 0) is 86.1 Å². The van der Waals surface area contributed by atoms with Gasteiger partial charge in [0.2, 0.25) is 10.0 Å². The number of nitrogens with zero attached hydrogens (tertiary/aromatic N) is 2. The van der Waals surface area contributed by atoms with Crippen LogP contribution in [-0.2, 0) is 45.3 Å². The normalized spacial score (nSPS) is 17.6. The number of aryl methyl sites for hydroxylation is 2. The highest BCUT2D eigenvalue weighted by molar-refractivity contribution is 7.92. The number of amides is 2. The van der Waals surface area contributed by atoms with Gasteiger partial charge in [-0.3, -0.25) is 29.3 Å². The van der Waals surface area contributed by atoms with Gasteiger partial charge in [0, 0.05) is 63.1 Å². The van der Waals surface area contributed by atoms with E-state index < -0.39 is 26.9 Å². The third-order valence-corrected chi connectivity index (χ3v) is 9.87. The summed E-state index contributed by atoms with van der Waals surface area (Å²) in [6.07, 6.45) is 5.82. The number of nitrogens with one attached hydrogen (secondary N) is 3. The van der Waals surface area contributed by atoms with Gasteiger partial charge in [-0.15, -0.1) is 0 Å². The number of nitro groups is 1. The summed E-state index contributed by atoms with van der Waals surface area (Å²) in [7, 11) is -3.25. The van der Waals surface area contributed by atoms with E-state index in [0.717, 1.165) is 58.6 Å². The molecule has 52 heavy (non-hydrogen) atoms. The number of fused-ring (bicyclic) bond motifs is 7. The predicted molar refractivity (Wildman–Crippen MR) is 190 cm³/mol. The van der Waals surface area contributed by atoms with E-state index in [-0.39, 0.29) is 29.6 Å². The average molecular weight is 731 g/mol. The van der Waals surface area contributed by atoms with Gasteiger partial charge in [0.1, 0.15) is 0 Å². The number of benzene rings is 3. The number of hydrogen-bond acceptors (Lipinski definition) is 9. The maximum Gasteiger partial charge on any atom is 0.414 e. The Morgan fingerprint density at radius 1 is 0.865 bits per heavy atom. The summed E-state index contributed by atoms with van der Waals surface area (Å²) in [5.74, 6) is -4.16. The number of nitro benzene ring substituents is 1. The second-order valence-electron chi connectivity index (χ2n) is 12.8. The van der Waals surface area contributed by atoms with Crippen LogP contribution in [0.1, 0.15) is 56.1 Å². The van der Waals surface area contributed by atoms with Gasteiger partial charge in [0.25, 0.3) is 17.5 Å². The molecular weight excluding hydrogens is 696 g/mol. The minimum Gasteiger partial charge on any atom is -0.473 e.